The van der Waals surface area contributed by atoms with Crippen molar-refractivity contribution in [1.82, 2.24) is 15.0 Å². The first kappa shape index (κ1) is 68.6. The Bertz CT molecular complexity index is 6780. The summed E-state index contributed by atoms with van der Waals surface area (Å²) in [6.07, 6.45) is 0. The van der Waals surface area contributed by atoms with E-state index in [1.165, 1.54) is 82.0 Å². The van der Waals surface area contributed by atoms with Gasteiger partial charge in [-0.2, -0.15) is 9.97 Å². The van der Waals surface area contributed by atoms with Gasteiger partial charge in [-0.3, -0.25) is 4.90 Å². The van der Waals surface area contributed by atoms with Gasteiger partial charge in [0, 0.05) is 16.5 Å². The van der Waals surface area contributed by atoms with Gasteiger partial charge in [0.15, 0.2) is 23.1 Å². The molecular formula is C112H74N4O. The van der Waals surface area contributed by atoms with E-state index in [1.807, 2.05) is 12.1 Å². The van der Waals surface area contributed by atoms with Crippen LogP contribution in [0.25, 0.3) is 188 Å². The van der Waals surface area contributed by atoms with E-state index in [-0.39, 0.29) is 5.41 Å². The fraction of sp³-hybridized carbons (Fsp3) is 0.0268. The van der Waals surface area contributed by atoms with Crippen LogP contribution in [-0.2, 0) is 5.41 Å². The minimum absolute atomic E-state index is 0.313. The van der Waals surface area contributed by atoms with Crippen LogP contribution in [0.3, 0.4) is 0 Å². The molecule has 0 bridgehead atoms. The van der Waals surface area contributed by atoms with Crippen molar-refractivity contribution in [3.63, 3.8) is 0 Å². The third kappa shape index (κ3) is 12.3. The first-order chi connectivity index (χ1) is 57.7. The lowest BCUT2D eigenvalue weighted by Crippen LogP contribution is -2.21. The molecule has 1 aliphatic carbocycles. The minimum atomic E-state index is -0.313. The Morgan fingerprint density at radius 1 is 0.205 bits per heavy atom. The van der Waals surface area contributed by atoms with E-state index < -0.39 is 0 Å². The van der Waals surface area contributed by atoms with Gasteiger partial charge in [0.1, 0.15) is 0 Å². The van der Waals surface area contributed by atoms with E-state index in [0.717, 1.165) is 123 Å². The second-order valence-electron chi connectivity index (χ2n) is 31.4. The molecule has 1 aliphatic heterocycles. The highest BCUT2D eigenvalue weighted by Crippen LogP contribution is 2.57. The molecule has 0 spiro atoms. The molecule has 20 aromatic rings. The molecule has 0 saturated carbocycles. The first-order valence-corrected chi connectivity index (χ1v) is 40.2. The maximum Gasteiger partial charge on any atom is 0.239 e. The molecule has 0 atom stereocenters. The number of para-hydroxylation sites is 2. The average molecular weight is 1490 g/mol. The summed E-state index contributed by atoms with van der Waals surface area (Å²) in [6, 6.07) is 150. The number of benzene rings is 19. The van der Waals surface area contributed by atoms with Crippen LogP contribution < -0.4 is 9.64 Å². The third-order valence-electron chi connectivity index (χ3n) is 24.0. The van der Waals surface area contributed by atoms with Crippen molar-refractivity contribution >= 4 is 60.4 Å². The smallest absolute Gasteiger partial charge is 0.239 e. The first-order valence-electron chi connectivity index (χ1n) is 40.2. The van der Waals surface area contributed by atoms with Crippen molar-refractivity contribution in [3.05, 3.63) is 424 Å². The van der Waals surface area contributed by atoms with Crippen LogP contribution in [0.4, 0.5) is 17.3 Å². The van der Waals surface area contributed by atoms with Crippen LogP contribution in [-0.4, -0.2) is 15.0 Å². The Hall–Kier alpha value is -15.2. The number of nitrogens with zero attached hydrogens (tertiary/aromatic N) is 4. The van der Waals surface area contributed by atoms with Crippen LogP contribution in [0.5, 0.6) is 11.5 Å². The van der Waals surface area contributed by atoms with Gasteiger partial charge in [-0.15, -0.1) is 0 Å². The Labute approximate surface area is 680 Å². The molecule has 5 heteroatoms. The Balaban J connectivity index is 0.722. The molecule has 2 aliphatic rings. The standard InChI is InChI=1S/C112H74N4O/c1-112(2)103-54-12-11-49-101(103)102-69-108-106(70-104(102)112)116(105-55-13-14-56-107(105)117-108)111-114-109(85-43-19-37-79(61-85)91-65-87(75-33-15-39-81(57-75)97-50-21-29-71-25-3-7-45-93(71)97)63-88(66-91)76-34-16-40-82(58-76)98-51-22-30-72-26-4-8-46-94(72)98)113-110(115-111)86-44-20-38-80(62-86)92-67-89(77-35-17-41-83(59-77)99-52-23-31-73-27-5-9-47-95(73)99)64-90(68-92)78-36-18-42-84(60-78)100-53-24-32-74-28-6-10-48-96(74)100/h3-70H,1-2H3. The molecule has 0 fully saturated rings. The fourth-order valence-electron chi connectivity index (χ4n) is 18.2. The van der Waals surface area contributed by atoms with Gasteiger partial charge in [0.05, 0.1) is 11.4 Å². The molecule has 0 amide bonds. The number of ether oxygens (including phenoxy) is 1. The molecule has 0 saturated heterocycles. The maximum absolute atomic E-state index is 7.03. The molecule has 22 rings (SSSR count). The Morgan fingerprint density at radius 2 is 0.496 bits per heavy atom. The summed E-state index contributed by atoms with van der Waals surface area (Å²) in [5, 5.41) is 9.72. The molecule has 0 radical (unpaired) electrons. The quantitative estimate of drug-likeness (QED) is 0.115. The van der Waals surface area contributed by atoms with E-state index in [9.17, 15) is 0 Å². The lowest BCUT2D eigenvalue weighted by molar-refractivity contribution is 0.476. The van der Waals surface area contributed by atoms with E-state index >= 15 is 0 Å². The second-order valence-corrected chi connectivity index (χ2v) is 31.4. The summed E-state index contributed by atoms with van der Waals surface area (Å²) in [7, 11) is 0. The largest absolute Gasteiger partial charge is 0.453 e. The van der Waals surface area contributed by atoms with Crippen molar-refractivity contribution in [2.75, 3.05) is 4.90 Å². The number of rotatable bonds is 13. The summed E-state index contributed by atoms with van der Waals surface area (Å²) in [5.74, 6) is 2.91. The third-order valence-corrected chi connectivity index (χ3v) is 24.0. The average Bonchev–Trinajstić information content (AvgIpc) is 1.59. The minimum Gasteiger partial charge on any atom is -0.453 e. The lowest BCUT2D eigenvalue weighted by atomic mass is 9.82. The van der Waals surface area contributed by atoms with Crippen molar-refractivity contribution < 1.29 is 4.74 Å². The molecular weight excluding hydrogens is 1420 g/mol. The van der Waals surface area contributed by atoms with Crippen molar-refractivity contribution in [1.29, 1.82) is 0 Å². The zero-order chi connectivity index (χ0) is 77.7. The van der Waals surface area contributed by atoms with Gasteiger partial charge >= 0.3 is 0 Å². The lowest BCUT2D eigenvalue weighted by Gasteiger charge is -2.33. The van der Waals surface area contributed by atoms with Crippen molar-refractivity contribution in [2.45, 2.75) is 19.3 Å². The van der Waals surface area contributed by atoms with Gasteiger partial charge < -0.3 is 4.74 Å². The molecule has 0 unspecified atom stereocenters. The Morgan fingerprint density at radius 3 is 0.889 bits per heavy atom. The molecule has 548 valence electrons. The van der Waals surface area contributed by atoms with Gasteiger partial charge in [0.25, 0.3) is 0 Å². The highest BCUT2D eigenvalue weighted by Gasteiger charge is 2.39. The van der Waals surface area contributed by atoms with E-state index in [1.54, 1.807) is 0 Å². The number of hydrogen-bond donors (Lipinski definition) is 0. The zero-order valence-corrected chi connectivity index (χ0v) is 64.5. The highest BCUT2D eigenvalue weighted by atomic mass is 16.5. The molecule has 5 nitrogen and oxygen atoms in total. The predicted molar refractivity (Wildman–Crippen MR) is 487 cm³/mol. The van der Waals surface area contributed by atoms with Crippen molar-refractivity contribution in [3.8, 4) is 157 Å². The summed E-state index contributed by atoms with van der Waals surface area (Å²) in [4.78, 5) is 19.3. The van der Waals surface area contributed by atoms with Crippen LogP contribution in [0.1, 0.15) is 25.0 Å². The number of hydrogen-bond acceptors (Lipinski definition) is 5. The van der Waals surface area contributed by atoms with Crippen LogP contribution in [0.2, 0.25) is 0 Å². The Kier molecular flexibility index (Phi) is 16.5. The zero-order valence-electron chi connectivity index (χ0n) is 64.5. The number of fused-ring (bicyclic) bond motifs is 9. The summed E-state index contributed by atoms with van der Waals surface area (Å²) in [6.45, 7) is 4.64. The number of aromatic nitrogens is 3. The maximum atomic E-state index is 7.03. The normalized spacial score (nSPS) is 12.5. The molecule has 0 N–H and O–H groups in total. The van der Waals surface area contributed by atoms with Crippen molar-refractivity contribution in [2.24, 2.45) is 0 Å². The molecule has 19 aromatic carbocycles. The molecule has 1 aromatic heterocycles. The summed E-state index contributed by atoms with van der Waals surface area (Å²) >= 11 is 0. The fourth-order valence-corrected chi connectivity index (χ4v) is 18.2. The van der Waals surface area contributed by atoms with E-state index in [0.29, 0.717) is 23.3 Å². The monoisotopic (exact) mass is 1490 g/mol. The van der Waals surface area contributed by atoms with E-state index in [4.69, 9.17) is 19.7 Å². The van der Waals surface area contributed by atoms with Crippen LogP contribution >= 0.6 is 0 Å². The topological polar surface area (TPSA) is 51.1 Å². The number of anilines is 3. The van der Waals surface area contributed by atoms with Gasteiger partial charge in [-0.25, -0.2) is 4.98 Å². The second kappa shape index (κ2) is 28.2. The SMILES string of the molecule is CC1(C)c2ccccc2-c2cc3c(cc21)N(c1nc(-c2cccc(-c4cc(-c5cccc(-c6cccc7ccccc67)c5)cc(-c5cccc(-c6cccc7ccccc67)c5)c4)c2)nc(-c2cccc(-c4cc(-c5cccc(-c6cccc7ccccc67)c5)cc(-c5cccc(-c6cccc7ccccc67)c5)c4)c2)n1)c1ccccc1O3. The highest BCUT2D eigenvalue weighted by molar-refractivity contribution is 6.03. The summed E-state index contributed by atoms with van der Waals surface area (Å²) in [5.41, 5.74) is 30.2. The van der Waals surface area contributed by atoms with Gasteiger partial charge in [0.2, 0.25) is 5.95 Å². The van der Waals surface area contributed by atoms with Crippen LogP contribution in [0.15, 0.2) is 413 Å². The molecule has 2 heterocycles. The molecule has 117 heavy (non-hydrogen) atoms. The van der Waals surface area contributed by atoms with Gasteiger partial charge in [-0.05, 0) is 274 Å². The predicted octanol–water partition coefficient (Wildman–Crippen LogP) is 30.4. The summed E-state index contributed by atoms with van der Waals surface area (Å²) < 4.78 is 7.03. The van der Waals surface area contributed by atoms with Crippen LogP contribution in [0, 0.1) is 0 Å². The van der Waals surface area contributed by atoms with Gasteiger partial charge in [-0.1, -0.05) is 329 Å². The van der Waals surface area contributed by atoms with E-state index in [2.05, 4.69) is 419 Å².